The number of hydrogen-bond acceptors (Lipinski definition) is 5. The summed E-state index contributed by atoms with van der Waals surface area (Å²) >= 11 is 7.12. The van der Waals surface area contributed by atoms with Gasteiger partial charge in [-0.05, 0) is 13.0 Å². The maximum atomic E-state index is 11.5. The minimum absolute atomic E-state index is 0.0235. The molecule has 18 heavy (non-hydrogen) atoms. The van der Waals surface area contributed by atoms with Crippen LogP contribution >= 0.6 is 23.4 Å². The van der Waals surface area contributed by atoms with Crippen molar-refractivity contribution in [1.82, 2.24) is 14.9 Å². The molecule has 98 valence electrons. The number of amides is 1. The van der Waals surface area contributed by atoms with Crippen molar-refractivity contribution in [1.29, 1.82) is 0 Å². The summed E-state index contributed by atoms with van der Waals surface area (Å²) in [5.41, 5.74) is 5.54. The molecule has 7 heteroatoms. The van der Waals surface area contributed by atoms with Gasteiger partial charge in [-0.25, -0.2) is 9.97 Å². The number of nitrogens with zero attached hydrogens (tertiary/aromatic N) is 3. The zero-order valence-electron chi connectivity index (χ0n) is 10.3. The van der Waals surface area contributed by atoms with Gasteiger partial charge in [-0.1, -0.05) is 29.4 Å². The fourth-order valence-electron chi connectivity index (χ4n) is 1.03. The molecule has 2 N–H and O–H groups in total. The molecule has 0 atom stereocenters. The van der Waals surface area contributed by atoms with Crippen LogP contribution in [0.2, 0.25) is 5.15 Å². The summed E-state index contributed by atoms with van der Waals surface area (Å²) in [6, 6.07) is 1.49. The molecule has 0 unspecified atom stereocenters. The van der Waals surface area contributed by atoms with Crippen molar-refractivity contribution in [2.45, 2.75) is 12.1 Å². The second-order valence-electron chi connectivity index (χ2n) is 3.46. The maximum absolute atomic E-state index is 11.5. The van der Waals surface area contributed by atoms with Crippen molar-refractivity contribution in [2.75, 3.05) is 25.1 Å². The number of rotatable bonds is 5. The lowest BCUT2D eigenvalue weighted by Gasteiger charge is -2.10. The lowest BCUT2D eigenvalue weighted by Crippen LogP contribution is -2.23. The topological polar surface area (TPSA) is 72.1 Å². The lowest BCUT2D eigenvalue weighted by atomic mass is 10.4. The molecule has 0 bridgehead atoms. The summed E-state index contributed by atoms with van der Waals surface area (Å²) < 4.78 is 0. The number of carbonyl (C=O) groups is 1. The Bertz CT molecular complexity index is 432. The van der Waals surface area contributed by atoms with Gasteiger partial charge in [0, 0.05) is 25.4 Å². The van der Waals surface area contributed by atoms with Gasteiger partial charge in [-0.3, -0.25) is 4.79 Å². The molecule has 0 aliphatic carbocycles. The number of halogens is 1. The molecular formula is C11H15ClN4OS. The summed E-state index contributed by atoms with van der Waals surface area (Å²) in [5.74, 6) is 0.899. The van der Waals surface area contributed by atoms with Crippen LogP contribution in [-0.2, 0) is 4.79 Å². The number of nitrogens with two attached hydrogens (primary N) is 1. The molecule has 0 aliphatic rings. The molecule has 1 aromatic heterocycles. The van der Waals surface area contributed by atoms with E-state index < -0.39 is 0 Å². The fourth-order valence-corrected chi connectivity index (χ4v) is 1.95. The third-order valence-electron chi connectivity index (χ3n) is 2.11. The van der Waals surface area contributed by atoms with Crippen LogP contribution < -0.4 is 5.73 Å². The van der Waals surface area contributed by atoms with Crippen molar-refractivity contribution in [3.05, 3.63) is 23.4 Å². The quantitative estimate of drug-likeness (QED) is 0.387. The highest BCUT2D eigenvalue weighted by molar-refractivity contribution is 7.99. The largest absolute Gasteiger partial charge is 0.384 e. The van der Waals surface area contributed by atoms with E-state index in [0.29, 0.717) is 28.4 Å². The smallest absolute Gasteiger partial charge is 0.245 e. The number of nitrogen functional groups attached to an aromatic ring is 1. The zero-order chi connectivity index (χ0) is 13.5. The van der Waals surface area contributed by atoms with Gasteiger partial charge >= 0.3 is 0 Å². The zero-order valence-corrected chi connectivity index (χ0v) is 11.8. The summed E-state index contributed by atoms with van der Waals surface area (Å²) in [7, 11) is 1.75. The number of likely N-dealkylation sites (N-methyl/N-ethyl adjacent to an activating group) is 1. The van der Waals surface area contributed by atoms with Gasteiger partial charge in [-0.15, -0.1) is 0 Å². The number of carbonyl (C=O) groups excluding carboxylic acids is 1. The van der Waals surface area contributed by atoms with Crippen LogP contribution in [0.4, 0.5) is 5.82 Å². The van der Waals surface area contributed by atoms with Crippen molar-refractivity contribution in [3.63, 3.8) is 0 Å². The maximum Gasteiger partial charge on any atom is 0.245 e. The predicted octanol–water partition coefficient (Wildman–Crippen LogP) is 1.84. The van der Waals surface area contributed by atoms with Gasteiger partial charge in [0.25, 0.3) is 0 Å². The molecular weight excluding hydrogens is 272 g/mol. The Labute approximate surface area is 115 Å². The highest BCUT2D eigenvalue weighted by atomic mass is 35.5. The van der Waals surface area contributed by atoms with Gasteiger partial charge in [0.05, 0.1) is 0 Å². The SMILES string of the molecule is CCN(C)C(=O)C=CCSc1nc(N)cc(Cl)n1. The van der Waals surface area contributed by atoms with Crippen LogP contribution in [0.15, 0.2) is 23.4 Å². The average molecular weight is 287 g/mol. The van der Waals surface area contributed by atoms with Crippen LogP contribution in [0, 0.1) is 0 Å². The molecule has 0 spiro atoms. The van der Waals surface area contributed by atoms with Crippen LogP contribution in [0.25, 0.3) is 0 Å². The minimum Gasteiger partial charge on any atom is -0.384 e. The first-order valence-electron chi connectivity index (χ1n) is 5.37. The summed E-state index contributed by atoms with van der Waals surface area (Å²) in [6.07, 6.45) is 3.30. The Balaban J connectivity index is 2.46. The molecule has 0 radical (unpaired) electrons. The van der Waals surface area contributed by atoms with Gasteiger partial charge in [0.1, 0.15) is 11.0 Å². The number of anilines is 1. The van der Waals surface area contributed by atoms with E-state index >= 15 is 0 Å². The first-order valence-corrected chi connectivity index (χ1v) is 6.73. The molecule has 0 aliphatic heterocycles. The minimum atomic E-state index is -0.0235. The van der Waals surface area contributed by atoms with Crippen molar-refractivity contribution in [2.24, 2.45) is 0 Å². The Kier molecular flexibility index (Phi) is 5.94. The summed E-state index contributed by atoms with van der Waals surface area (Å²) in [5, 5.41) is 0.816. The molecule has 0 fully saturated rings. The normalized spacial score (nSPS) is 10.8. The number of aromatic nitrogens is 2. The van der Waals surface area contributed by atoms with Gasteiger partial charge < -0.3 is 10.6 Å². The van der Waals surface area contributed by atoms with E-state index in [1.807, 2.05) is 6.92 Å². The van der Waals surface area contributed by atoms with E-state index in [2.05, 4.69) is 9.97 Å². The van der Waals surface area contributed by atoms with Gasteiger partial charge in [0.15, 0.2) is 5.16 Å². The molecule has 1 rings (SSSR count). The van der Waals surface area contributed by atoms with Gasteiger partial charge in [-0.2, -0.15) is 0 Å². The monoisotopic (exact) mass is 286 g/mol. The van der Waals surface area contributed by atoms with Crippen molar-refractivity contribution < 1.29 is 4.79 Å². The predicted molar refractivity (Wildman–Crippen MR) is 74.6 cm³/mol. The Morgan fingerprint density at radius 1 is 1.61 bits per heavy atom. The standard InChI is InChI=1S/C11H15ClN4OS/c1-3-16(2)10(17)5-4-6-18-11-14-8(12)7-9(13)15-11/h4-5,7H,3,6H2,1-2H3,(H2,13,14,15). The third kappa shape index (κ3) is 4.93. The highest BCUT2D eigenvalue weighted by Gasteiger charge is 2.02. The Morgan fingerprint density at radius 2 is 2.33 bits per heavy atom. The second kappa shape index (κ2) is 7.23. The third-order valence-corrected chi connectivity index (χ3v) is 3.11. The molecule has 1 aromatic rings. The molecule has 0 saturated heterocycles. The summed E-state index contributed by atoms with van der Waals surface area (Å²) in [4.78, 5) is 21.1. The molecule has 1 heterocycles. The summed E-state index contributed by atoms with van der Waals surface area (Å²) in [6.45, 7) is 2.60. The van der Waals surface area contributed by atoms with Crippen molar-refractivity contribution in [3.8, 4) is 0 Å². The molecule has 0 saturated carbocycles. The molecule has 0 aromatic carbocycles. The van der Waals surface area contributed by atoms with E-state index in [0.717, 1.165) is 0 Å². The van der Waals surface area contributed by atoms with Gasteiger partial charge in [0.2, 0.25) is 5.91 Å². The molecule has 1 amide bonds. The number of hydrogen-bond donors (Lipinski definition) is 1. The van der Waals surface area contributed by atoms with E-state index in [1.54, 1.807) is 18.0 Å². The highest BCUT2D eigenvalue weighted by Crippen LogP contribution is 2.17. The van der Waals surface area contributed by atoms with Crippen LogP contribution in [-0.4, -0.2) is 40.1 Å². The van der Waals surface area contributed by atoms with E-state index in [1.165, 1.54) is 23.9 Å². The van der Waals surface area contributed by atoms with Crippen molar-refractivity contribution >= 4 is 35.1 Å². The second-order valence-corrected chi connectivity index (χ2v) is 4.84. The first-order chi connectivity index (χ1) is 8.52. The fraction of sp³-hybridized carbons (Fsp3) is 0.364. The van der Waals surface area contributed by atoms with E-state index in [4.69, 9.17) is 17.3 Å². The first kappa shape index (κ1) is 14.8. The van der Waals surface area contributed by atoms with E-state index in [9.17, 15) is 4.79 Å². The lowest BCUT2D eigenvalue weighted by molar-refractivity contribution is -0.124. The Morgan fingerprint density at radius 3 is 2.94 bits per heavy atom. The number of thioether (sulfide) groups is 1. The Hall–Kier alpha value is -1.27. The van der Waals surface area contributed by atoms with Crippen LogP contribution in [0.5, 0.6) is 0 Å². The van der Waals surface area contributed by atoms with E-state index in [-0.39, 0.29) is 5.91 Å². The van der Waals surface area contributed by atoms with Crippen LogP contribution in [0.1, 0.15) is 6.92 Å². The van der Waals surface area contributed by atoms with Crippen LogP contribution in [0.3, 0.4) is 0 Å². The molecule has 5 nitrogen and oxygen atoms in total. The average Bonchev–Trinajstić information content (AvgIpc) is 2.32.